The summed E-state index contributed by atoms with van der Waals surface area (Å²) in [6.07, 6.45) is 5.91. The smallest absolute Gasteiger partial charge is 0.233 e. The van der Waals surface area contributed by atoms with Crippen LogP contribution in [-0.4, -0.2) is 89.6 Å². The van der Waals surface area contributed by atoms with Gasteiger partial charge in [-0.25, -0.2) is 8.42 Å². The van der Waals surface area contributed by atoms with Gasteiger partial charge in [0, 0.05) is 31.7 Å². The Morgan fingerprint density at radius 3 is 2.52 bits per heavy atom. The lowest BCUT2D eigenvalue weighted by Crippen LogP contribution is -2.49. The maximum absolute atomic E-state index is 13.3. The van der Waals surface area contributed by atoms with Gasteiger partial charge in [0.15, 0.2) is 15.0 Å². The molecule has 0 aromatic carbocycles. The van der Waals surface area contributed by atoms with Crippen molar-refractivity contribution in [1.29, 1.82) is 0 Å². The van der Waals surface area contributed by atoms with E-state index in [0.29, 0.717) is 19.6 Å². The summed E-state index contributed by atoms with van der Waals surface area (Å²) >= 11 is 1.41. The summed E-state index contributed by atoms with van der Waals surface area (Å²) in [5.74, 6) is 1.40. The average Bonchev–Trinajstić information content (AvgIpc) is 3.36. The minimum Gasteiger partial charge on any atom is -0.378 e. The van der Waals surface area contributed by atoms with E-state index in [2.05, 4.69) is 22.0 Å². The molecule has 4 rings (SSSR count). The zero-order valence-electron chi connectivity index (χ0n) is 18.2. The molecule has 1 unspecified atom stereocenters. The van der Waals surface area contributed by atoms with Crippen LogP contribution in [0.4, 0.5) is 5.95 Å². The summed E-state index contributed by atoms with van der Waals surface area (Å²) in [7, 11) is -3.04. The number of carbonyl (C=O) groups is 1. The van der Waals surface area contributed by atoms with E-state index in [9.17, 15) is 13.2 Å². The Hall–Kier alpha value is -1.33. The molecule has 0 N–H and O–H groups in total. The van der Waals surface area contributed by atoms with Crippen LogP contribution in [0.25, 0.3) is 0 Å². The van der Waals surface area contributed by atoms with Gasteiger partial charge in [-0.2, -0.15) is 0 Å². The molecule has 3 heterocycles. The van der Waals surface area contributed by atoms with Gasteiger partial charge in [0.25, 0.3) is 0 Å². The first kappa shape index (κ1) is 22.8. The molecular formula is C20H33N5O4S2. The average molecular weight is 472 g/mol. The lowest BCUT2D eigenvalue weighted by molar-refractivity contribution is -0.133. The molecule has 1 saturated carbocycles. The van der Waals surface area contributed by atoms with Crippen LogP contribution in [0.1, 0.15) is 45.4 Å². The fraction of sp³-hybridized carbons (Fsp3) is 0.850. The van der Waals surface area contributed by atoms with E-state index in [0.717, 1.165) is 56.4 Å². The van der Waals surface area contributed by atoms with Gasteiger partial charge in [-0.15, -0.1) is 10.2 Å². The van der Waals surface area contributed by atoms with E-state index in [1.54, 1.807) is 0 Å². The second kappa shape index (κ2) is 10.1. The molecule has 31 heavy (non-hydrogen) atoms. The van der Waals surface area contributed by atoms with E-state index >= 15 is 0 Å². The second-order valence-electron chi connectivity index (χ2n) is 8.56. The topological polar surface area (TPSA) is 97.6 Å². The number of ether oxygens (including phenoxy) is 1. The van der Waals surface area contributed by atoms with Gasteiger partial charge in [0.05, 0.1) is 30.5 Å². The van der Waals surface area contributed by atoms with Crippen molar-refractivity contribution in [1.82, 2.24) is 19.7 Å². The minimum atomic E-state index is -3.04. The van der Waals surface area contributed by atoms with Crippen LogP contribution in [0.3, 0.4) is 0 Å². The molecule has 0 radical (unpaired) electrons. The number of nitrogens with zero attached hydrogens (tertiary/aromatic N) is 5. The van der Waals surface area contributed by atoms with Crippen molar-refractivity contribution >= 4 is 33.5 Å². The van der Waals surface area contributed by atoms with E-state index in [1.807, 2.05) is 9.47 Å². The summed E-state index contributed by atoms with van der Waals surface area (Å²) in [6, 6.07) is -0.0257. The molecule has 1 atom stereocenters. The van der Waals surface area contributed by atoms with E-state index < -0.39 is 9.84 Å². The minimum absolute atomic E-state index is 0.0255. The normalized spacial score (nSPS) is 24.4. The van der Waals surface area contributed by atoms with E-state index in [4.69, 9.17) is 4.74 Å². The zero-order chi connectivity index (χ0) is 21.8. The van der Waals surface area contributed by atoms with Gasteiger partial charge in [0.1, 0.15) is 0 Å². The van der Waals surface area contributed by atoms with Gasteiger partial charge < -0.3 is 14.5 Å². The number of thioether (sulfide) groups is 1. The molecule has 1 aliphatic carbocycles. The fourth-order valence-electron chi connectivity index (χ4n) is 4.92. The Bertz CT molecular complexity index is 863. The van der Waals surface area contributed by atoms with Gasteiger partial charge in [-0.3, -0.25) is 9.36 Å². The number of morpholine rings is 1. The summed E-state index contributed by atoms with van der Waals surface area (Å²) in [5.41, 5.74) is 0. The molecule has 0 spiro atoms. The van der Waals surface area contributed by atoms with Crippen molar-refractivity contribution in [2.24, 2.45) is 0 Å². The van der Waals surface area contributed by atoms with Gasteiger partial charge in [-0.05, 0) is 26.2 Å². The SMILES string of the molecule is CCn1c(SCC(=O)N(C2CCCCC2)C2CCS(=O)(=O)C2)nnc1N1CCOCC1. The highest BCUT2D eigenvalue weighted by Crippen LogP contribution is 2.30. The molecule has 2 saturated heterocycles. The molecule has 1 aromatic heterocycles. The Morgan fingerprint density at radius 1 is 1.13 bits per heavy atom. The van der Waals surface area contributed by atoms with Crippen LogP contribution >= 0.6 is 11.8 Å². The number of aromatic nitrogens is 3. The standard InChI is InChI=1S/C20H33N5O4S2/c1-2-24-19(23-9-11-29-12-10-23)21-22-20(24)30-14-18(26)25(16-6-4-3-5-7-16)17-8-13-31(27,28)15-17/h16-17H,2-15H2,1H3. The Kier molecular flexibility index (Phi) is 7.43. The first-order valence-corrected chi connectivity index (χ1v) is 14.2. The lowest BCUT2D eigenvalue weighted by atomic mass is 9.93. The highest BCUT2D eigenvalue weighted by Gasteiger charge is 2.38. The Labute approximate surface area is 188 Å². The summed E-state index contributed by atoms with van der Waals surface area (Å²) < 4.78 is 31.7. The van der Waals surface area contributed by atoms with E-state index in [-0.39, 0.29) is 35.2 Å². The third kappa shape index (κ3) is 5.36. The van der Waals surface area contributed by atoms with Crippen molar-refractivity contribution in [3.05, 3.63) is 0 Å². The van der Waals surface area contributed by atoms with Crippen molar-refractivity contribution in [3.63, 3.8) is 0 Å². The van der Waals surface area contributed by atoms with E-state index in [1.165, 1.54) is 18.2 Å². The summed E-state index contributed by atoms with van der Waals surface area (Å²) in [6.45, 7) is 5.71. The molecular weight excluding hydrogens is 438 g/mol. The molecule has 174 valence electrons. The van der Waals surface area contributed by atoms with Gasteiger partial charge in [-0.1, -0.05) is 31.0 Å². The molecule has 0 bridgehead atoms. The van der Waals surface area contributed by atoms with Crippen LogP contribution in [0.15, 0.2) is 5.16 Å². The Morgan fingerprint density at radius 2 is 1.87 bits per heavy atom. The number of rotatable bonds is 7. The summed E-state index contributed by atoms with van der Waals surface area (Å²) in [4.78, 5) is 17.4. The molecule has 11 heteroatoms. The molecule has 3 fully saturated rings. The monoisotopic (exact) mass is 471 g/mol. The predicted molar refractivity (Wildman–Crippen MR) is 120 cm³/mol. The van der Waals surface area contributed by atoms with Crippen LogP contribution in [-0.2, 0) is 25.9 Å². The molecule has 1 amide bonds. The first-order chi connectivity index (χ1) is 15.0. The first-order valence-electron chi connectivity index (χ1n) is 11.4. The number of sulfone groups is 1. The highest BCUT2D eigenvalue weighted by atomic mass is 32.2. The van der Waals surface area contributed by atoms with Crippen molar-refractivity contribution in [2.45, 2.75) is 69.2 Å². The largest absolute Gasteiger partial charge is 0.378 e. The Balaban J connectivity index is 1.45. The number of hydrogen-bond donors (Lipinski definition) is 0. The molecule has 9 nitrogen and oxygen atoms in total. The quantitative estimate of drug-likeness (QED) is 0.553. The van der Waals surface area contributed by atoms with Gasteiger partial charge in [0.2, 0.25) is 11.9 Å². The van der Waals surface area contributed by atoms with Crippen LogP contribution in [0.5, 0.6) is 0 Å². The number of hydrogen-bond acceptors (Lipinski definition) is 8. The van der Waals surface area contributed by atoms with Crippen molar-refractivity contribution < 1.29 is 17.9 Å². The number of anilines is 1. The van der Waals surface area contributed by atoms with Crippen LogP contribution < -0.4 is 4.90 Å². The maximum Gasteiger partial charge on any atom is 0.233 e. The summed E-state index contributed by atoms with van der Waals surface area (Å²) in [5, 5.41) is 9.47. The van der Waals surface area contributed by atoms with Crippen LogP contribution in [0.2, 0.25) is 0 Å². The molecule has 1 aromatic rings. The maximum atomic E-state index is 13.3. The van der Waals surface area contributed by atoms with Crippen molar-refractivity contribution in [2.75, 3.05) is 48.5 Å². The highest BCUT2D eigenvalue weighted by molar-refractivity contribution is 7.99. The van der Waals surface area contributed by atoms with Crippen LogP contribution in [0, 0.1) is 0 Å². The second-order valence-corrected chi connectivity index (χ2v) is 11.7. The zero-order valence-corrected chi connectivity index (χ0v) is 19.9. The number of carbonyl (C=O) groups excluding carboxylic acids is 1. The fourth-order valence-corrected chi connectivity index (χ4v) is 7.50. The van der Waals surface area contributed by atoms with Gasteiger partial charge >= 0.3 is 0 Å². The third-order valence-corrected chi connectivity index (χ3v) is 9.19. The predicted octanol–water partition coefficient (Wildman–Crippen LogP) is 1.58. The third-order valence-electron chi connectivity index (χ3n) is 6.49. The number of amides is 1. The lowest BCUT2D eigenvalue weighted by Gasteiger charge is -2.38. The van der Waals surface area contributed by atoms with Crippen molar-refractivity contribution in [3.8, 4) is 0 Å². The molecule has 2 aliphatic heterocycles. The molecule has 3 aliphatic rings.